The van der Waals surface area contributed by atoms with Crippen LogP contribution in [0.25, 0.3) is 0 Å². The van der Waals surface area contributed by atoms with Crippen LogP contribution in [0.2, 0.25) is 0 Å². The Labute approximate surface area is 123 Å². The molecule has 0 aliphatic carbocycles. The van der Waals surface area contributed by atoms with Crippen LogP contribution in [0.4, 0.5) is 0 Å². The molecule has 114 valence electrons. The molecule has 1 atom stereocenters. The summed E-state index contributed by atoms with van der Waals surface area (Å²) in [5.74, 6) is 0. The van der Waals surface area contributed by atoms with Crippen LogP contribution in [-0.2, 0) is 9.47 Å². The normalized spacial score (nSPS) is 12.8. The monoisotopic (exact) mass is 280 g/mol. The highest BCUT2D eigenvalue weighted by Gasteiger charge is 2.11. The lowest BCUT2D eigenvalue weighted by Gasteiger charge is -2.24. The molecule has 1 rings (SSSR count). The third-order valence-electron chi connectivity index (χ3n) is 3.51. The zero-order valence-electron chi connectivity index (χ0n) is 13.0. The smallest absolute Gasteiger partial charge is 0.0589 e. The van der Waals surface area contributed by atoms with E-state index < -0.39 is 0 Å². The molecule has 4 heteroatoms. The molecule has 0 saturated heterocycles. The van der Waals surface area contributed by atoms with Crippen LogP contribution in [0.3, 0.4) is 0 Å². The second-order valence-corrected chi connectivity index (χ2v) is 4.87. The van der Waals surface area contributed by atoms with Gasteiger partial charge in [-0.05, 0) is 19.0 Å². The molecule has 20 heavy (non-hydrogen) atoms. The average Bonchev–Trinajstić information content (AvgIpc) is 2.50. The van der Waals surface area contributed by atoms with Gasteiger partial charge >= 0.3 is 0 Å². The lowest BCUT2D eigenvalue weighted by molar-refractivity contribution is 0.111. The number of rotatable bonds is 11. The van der Waals surface area contributed by atoms with Crippen molar-refractivity contribution in [1.82, 2.24) is 10.2 Å². The Morgan fingerprint density at radius 2 is 1.60 bits per heavy atom. The van der Waals surface area contributed by atoms with E-state index in [1.165, 1.54) is 5.56 Å². The maximum Gasteiger partial charge on any atom is 0.0589 e. The molecule has 1 unspecified atom stereocenters. The maximum atomic E-state index is 5.17. The van der Waals surface area contributed by atoms with Gasteiger partial charge in [0.15, 0.2) is 0 Å². The molecule has 0 heterocycles. The second kappa shape index (κ2) is 10.8. The van der Waals surface area contributed by atoms with Gasteiger partial charge < -0.3 is 14.8 Å². The van der Waals surface area contributed by atoms with E-state index in [2.05, 4.69) is 40.5 Å². The molecule has 1 aromatic carbocycles. The predicted octanol–water partition coefficient (Wildman–Crippen LogP) is 1.93. The van der Waals surface area contributed by atoms with E-state index in [0.29, 0.717) is 6.04 Å². The molecule has 0 radical (unpaired) electrons. The highest BCUT2D eigenvalue weighted by atomic mass is 16.5. The number of nitrogens with one attached hydrogen (secondary N) is 1. The molecule has 4 nitrogen and oxygen atoms in total. The van der Waals surface area contributed by atoms with E-state index in [0.717, 1.165) is 39.3 Å². The molecule has 0 aliphatic heterocycles. The van der Waals surface area contributed by atoms with Crippen molar-refractivity contribution < 1.29 is 9.47 Å². The van der Waals surface area contributed by atoms with E-state index in [9.17, 15) is 0 Å². The topological polar surface area (TPSA) is 33.7 Å². The van der Waals surface area contributed by atoms with Crippen molar-refractivity contribution in [2.75, 3.05) is 54.1 Å². The summed E-state index contributed by atoms with van der Waals surface area (Å²) in [5, 5.41) is 3.40. The first-order valence-electron chi connectivity index (χ1n) is 7.24. The fraction of sp³-hybridized carbons (Fsp3) is 0.625. The van der Waals surface area contributed by atoms with Crippen LogP contribution in [0.15, 0.2) is 30.3 Å². The van der Waals surface area contributed by atoms with Crippen molar-refractivity contribution in [2.24, 2.45) is 0 Å². The Balaban J connectivity index is 2.46. The predicted molar refractivity (Wildman–Crippen MR) is 83.1 cm³/mol. The van der Waals surface area contributed by atoms with Gasteiger partial charge in [0.25, 0.3) is 0 Å². The number of benzene rings is 1. The summed E-state index contributed by atoms with van der Waals surface area (Å²) in [6.45, 7) is 4.46. The average molecular weight is 280 g/mol. The zero-order valence-corrected chi connectivity index (χ0v) is 13.0. The van der Waals surface area contributed by atoms with Crippen LogP contribution in [0.1, 0.15) is 18.0 Å². The first kappa shape index (κ1) is 17.1. The fourth-order valence-electron chi connectivity index (χ4n) is 2.25. The minimum absolute atomic E-state index is 0.392. The Morgan fingerprint density at radius 1 is 1.00 bits per heavy atom. The van der Waals surface area contributed by atoms with Crippen molar-refractivity contribution in [2.45, 2.75) is 12.5 Å². The molecular formula is C16H28N2O2. The minimum Gasteiger partial charge on any atom is -0.383 e. The van der Waals surface area contributed by atoms with Gasteiger partial charge in [0.05, 0.1) is 13.2 Å². The Bertz CT molecular complexity index is 325. The molecule has 0 aliphatic rings. The van der Waals surface area contributed by atoms with Crippen molar-refractivity contribution in [3.63, 3.8) is 0 Å². The van der Waals surface area contributed by atoms with E-state index >= 15 is 0 Å². The van der Waals surface area contributed by atoms with Gasteiger partial charge in [-0.25, -0.2) is 0 Å². The first-order valence-corrected chi connectivity index (χ1v) is 7.24. The molecule has 1 aromatic rings. The lowest BCUT2D eigenvalue weighted by atomic mass is 10.0. The molecule has 0 aromatic heterocycles. The first-order chi connectivity index (χ1) is 9.81. The molecule has 0 fully saturated rings. The van der Waals surface area contributed by atoms with E-state index in [-0.39, 0.29) is 0 Å². The summed E-state index contributed by atoms with van der Waals surface area (Å²) in [6, 6.07) is 11.0. The van der Waals surface area contributed by atoms with Crippen molar-refractivity contribution in [3.05, 3.63) is 35.9 Å². The number of methoxy groups -OCH3 is 2. The van der Waals surface area contributed by atoms with Crippen LogP contribution >= 0.6 is 0 Å². The van der Waals surface area contributed by atoms with E-state index in [4.69, 9.17) is 9.47 Å². The summed E-state index contributed by atoms with van der Waals surface area (Å²) >= 11 is 0. The molecule has 1 N–H and O–H groups in total. The van der Waals surface area contributed by atoms with Crippen molar-refractivity contribution in [3.8, 4) is 0 Å². The molecule has 0 bridgehead atoms. The summed E-state index contributed by atoms with van der Waals surface area (Å²) in [4.78, 5) is 2.39. The third-order valence-corrected chi connectivity index (χ3v) is 3.51. The number of hydrogen-bond acceptors (Lipinski definition) is 4. The number of nitrogens with zero attached hydrogens (tertiary/aromatic N) is 1. The summed E-state index contributed by atoms with van der Waals surface area (Å²) in [7, 11) is 5.51. The molecule has 0 amide bonds. The van der Waals surface area contributed by atoms with Crippen molar-refractivity contribution >= 4 is 0 Å². The summed E-state index contributed by atoms with van der Waals surface area (Å²) in [6.07, 6.45) is 1.08. The SMILES string of the molecule is CNC(CCN(CCOC)CCOC)c1ccccc1. The van der Waals surface area contributed by atoms with Gasteiger partial charge in [-0.1, -0.05) is 30.3 Å². The van der Waals surface area contributed by atoms with Gasteiger partial charge in [-0.3, -0.25) is 4.90 Å². The minimum atomic E-state index is 0.392. The maximum absolute atomic E-state index is 5.17. The third kappa shape index (κ3) is 6.48. The largest absolute Gasteiger partial charge is 0.383 e. The molecule has 0 spiro atoms. The number of hydrogen-bond donors (Lipinski definition) is 1. The molecular weight excluding hydrogens is 252 g/mol. The van der Waals surface area contributed by atoms with Gasteiger partial charge in [-0.2, -0.15) is 0 Å². The van der Waals surface area contributed by atoms with Gasteiger partial charge in [0, 0.05) is 39.9 Å². The van der Waals surface area contributed by atoms with Gasteiger partial charge in [0.2, 0.25) is 0 Å². The quantitative estimate of drug-likeness (QED) is 0.671. The Kier molecular flexibility index (Phi) is 9.24. The Morgan fingerprint density at radius 3 is 2.10 bits per heavy atom. The fourth-order valence-corrected chi connectivity index (χ4v) is 2.25. The standard InChI is InChI=1S/C16H28N2O2/c1-17-16(15-7-5-4-6-8-15)9-10-18(11-13-19-2)12-14-20-3/h4-8,16-17H,9-14H2,1-3H3. The van der Waals surface area contributed by atoms with Crippen LogP contribution < -0.4 is 5.32 Å². The van der Waals surface area contributed by atoms with E-state index in [1.54, 1.807) is 14.2 Å². The Hall–Kier alpha value is -0.940. The summed E-state index contributed by atoms with van der Waals surface area (Å²) < 4.78 is 10.3. The highest BCUT2D eigenvalue weighted by Crippen LogP contribution is 2.16. The van der Waals surface area contributed by atoms with Crippen LogP contribution in [0.5, 0.6) is 0 Å². The zero-order chi connectivity index (χ0) is 14.6. The van der Waals surface area contributed by atoms with Gasteiger partial charge in [-0.15, -0.1) is 0 Å². The summed E-state index contributed by atoms with van der Waals surface area (Å²) in [5.41, 5.74) is 1.34. The molecule has 0 saturated carbocycles. The van der Waals surface area contributed by atoms with Crippen LogP contribution in [-0.4, -0.2) is 59.0 Å². The second-order valence-electron chi connectivity index (χ2n) is 4.87. The number of ether oxygens (including phenoxy) is 2. The lowest BCUT2D eigenvalue weighted by Crippen LogP contribution is -2.33. The van der Waals surface area contributed by atoms with Crippen LogP contribution in [0, 0.1) is 0 Å². The van der Waals surface area contributed by atoms with Crippen molar-refractivity contribution in [1.29, 1.82) is 0 Å². The highest BCUT2D eigenvalue weighted by molar-refractivity contribution is 5.18. The van der Waals surface area contributed by atoms with E-state index in [1.807, 2.05) is 7.05 Å². The van der Waals surface area contributed by atoms with Gasteiger partial charge in [0.1, 0.15) is 0 Å².